The second-order valence-corrected chi connectivity index (χ2v) is 2.92. The first kappa shape index (κ1) is 12.2. The lowest BCUT2D eigenvalue weighted by Crippen LogP contribution is -2.40. The molecule has 0 saturated heterocycles. The molecule has 0 aliphatic heterocycles. The molecule has 1 N–H and O–H groups in total. The average molecular weight is 224 g/mol. The summed E-state index contributed by atoms with van der Waals surface area (Å²) in [6.45, 7) is 0. The minimum absolute atomic E-state index is 0.262. The molecule has 0 aromatic heterocycles. The predicted octanol–water partition coefficient (Wildman–Crippen LogP) is 0.373. The molecule has 0 spiro atoms. The molecule has 1 aliphatic carbocycles. The van der Waals surface area contributed by atoms with Gasteiger partial charge in [-0.3, -0.25) is 4.84 Å². The van der Waals surface area contributed by atoms with Gasteiger partial charge in [-0.15, -0.1) is 5.17 Å². The second-order valence-electron chi connectivity index (χ2n) is 2.92. The number of rotatable bonds is 3. The molecule has 86 valence electrons. The molecule has 1 rings (SSSR count). The zero-order chi connectivity index (χ0) is 12.0. The number of allylic oxidation sites excluding steroid dienone is 2. The van der Waals surface area contributed by atoms with E-state index in [4.69, 9.17) is 4.74 Å². The highest BCUT2D eigenvalue weighted by molar-refractivity contribution is 5.69. The number of carbonyl (C=O) groups is 1. The van der Waals surface area contributed by atoms with E-state index < -0.39 is 12.2 Å². The fourth-order valence-electron chi connectivity index (χ4n) is 1.03. The molecule has 0 heterocycles. The molecule has 0 radical (unpaired) electrons. The second kappa shape index (κ2) is 5.87. The summed E-state index contributed by atoms with van der Waals surface area (Å²) in [5.74, 6) is 1.71. The van der Waals surface area contributed by atoms with Crippen LogP contribution in [0.15, 0.2) is 29.9 Å². The van der Waals surface area contributed by atoms with Gasteiger partial charge in [0.05, 0.1) is 12.7 Å². The Morgan fingerprint density at radius 3 is 2.94 bits per heavy atom. The van der Waals surface area contributed by atoms with Crippen molar-refractivity contribution in [3.8, 4) is 0 Å². The lowest BCUT2D eigenvalue weighted by Gasteiger charge is -2.18. The number of hydrogen-bond acceptors (Lipinski definition) is 5. The van der Waals surface area contributed by atoms with Gasteiger partial charge in [-0.25, -0.2) is 15.0 Å². The molecule has 0 bridgehead atoms. The number of hydrogen-bond donors (Lipinski definition) is 1. The van der Waals surface area contributed by atoms with Gasteiger partial charge < -0.3 is 4.74 Å². The van der Waals surface area contributed by atoms with Gasteiger partial charge >= 0.3 is 6.09 Å². The van der Waals surface area contributed by atoms with E-state index in [-0.39, 0.29) is 5.57 Å². The fourth-order valence-corrected chi connectivity index (χ4v) is 1.03. The van der Waals surface area contributed by atoms with Crippen molar-refractivity contribution in [2.45, 2.75) is 6.10 Å². The lowest BCUT2D eigenvalue weighted by molar-refractivity contribution is -0.143. The zero-order valence-electron chi connectivity index (χ0n) is 8.97. The van der Waals surface area contributed by atoms with Gasteiger partial charge in [-0.05, 0) is 12.2 Å². The Bertz CT molecular complexity index is 369. The number of hydroxylamine groups is 1. The van der Waals surface area contributed by atoms with Crippen molar-refractivity contribution in [2.24, 2.45) is 0 Å². The van der Waals surface area contributed by atoms with Gasteiger partial charge in [0.25, 0.3) is 0 Å². The number of carbonyl (C=O) groups excluding carboxylic acids is 2. The first-order valence-corrected chi connectivity index (χ1v) is 4.52. The van der Waals surface area contributed by atoms with Crippen LogP contribution in [-0.2, 0) is 14.4 Å². The van der Waals surface area contributed by atoms with Crippen LogP contribution in [0.2, 0.25) is 0 Å². The molecular weight excluding hydrogens is 212 g/mol. The largest absolute Gasteiger partial charge is 0.435 e. The van der Waals surface area contributed by atoms with E-state index in [1.54, 1.807) is 24.2 Å². The summed E-state index contributed by atoms with van der Waals surface area (Å²) < 4.78 is 4.96. The van der Waals surface area contributed by atoms with Crippen LogP contribution >= 0.6 is 0 Å². The van der Waals surface area contributed by atoms with Crippen LogP contribution in [0.25, 0.3) is 0 Å². The first-order chi connectivity index (χ1) is 7.67. The van der Waals surface area contributed by atoms with Crippen molar-refractivity contribution >= 4 is 12.0 Å². The average Bonchev–Trinajstić information content (AvgIpc) is 2.29. The SMILES string of the molecule is CON(C)NC(=O)OC1C=CC=CC1=C=O. The third-order valence-corrected chi connectivity index (χ3v) is 1.85. The number of hydrazine groups is 1. The normalized spacial score (nSPS) is 18.4. The van der Waals surface area contributed by atoms with E-state index in [9.17, 15) is 9.59 Å². The number of ether oxygens (including phenoxy) is 1. The highest BCUT2D eigenvalue weighted by Gasteiger charge is 2.18. The molecule has 1 aliphatic rings. The molecule has 1 unspecified atom stereocenters. The third kappa shape index (κ3) is 3.36. The van der Waals surface area contributed by atoms with Gasteiger partial charge in [-0.2, -0.15) is 0 Å². The van der Waals surface area contributed by atoms with Crippen molar-refractivity contribution in [3.63, 3.8) is 0 Å². The Kier molecular flexibility index (Phi) is 4.47. The van der Waals surface area contributed by atoms with Crippen LogP contribution in [-0.4, -0.2) is 37.5 Å². The maximum atomic E-state index is 11.3. The number of amides is 1. The first-order valence-electron chi connectivity index (χ1n) is 4.52. The molecule has 0 saturated carbocycles. The highest BCUT2D eigenvalue weighted by atomic mass is 16.7. The van der Waals surface area contributed by atoms with Crippen molar-refractivity contribution < 1.29 is 19.2 Å². The molecule has 0 aromatic carbocycles. The maximum absolute atomic E-state index is 11.3. The summed E-state index contributed by atoms with van der Waals surface area (Å²) in [5.41, 5.74) is 2.53. The molecule has 0 fully saturated rings. The molecule has 1 amide bonds. The van der Waals surface area contributed by atoms with Crippen LogP contribution in [0.4, 0.5) is 4.79 Å². The van der Waals surface area contributed by atoms with E-state index in [0.29, 0.717) is 0 Å². The molecule has 0 aromatic rings. The van der Waals surface area contributed by atoms with E-state index in [1.165, 1.54) is 20.2 Å². The fraction of sp³-hybridized carbons (Fsp3) is 0.300. The zero-order valence-corrected chi connectivity index (χ0v) is 8.97. The smallest absolute Gasteiger partial charge is 0.424 e. The number of nitrogens with one attached hydrogen (secondary N) is 1. The van der Waals surface area contributed by atoms with Gasteiger partial charge in [0.2, 0.25) is 0 Å². The van der Waals surface area contributed by atoms with E-state index in [1.807, 2.05) is 0 Å². The van der Waals surface area contributed by atoms with Crippen molar-refractivity contribution in [1.29, 1.82) is 0 Å². The topological polar surface area (TPSA) is 67.9 Å². The Morgan fingerprint density at radius 2 is 2.31 bits per heavy atom. The minimum Gasteiger partial charge on any atom is -0.435 e. The maximum Gasteiger partial charge on any atom is 0.424 e. The predicted molar refractivity (Wildman–Crippen MR) is 55.7 cm³/mol. The highest BCUT2D eigenvalue weighted by Crippen LogP contribution is 2.12. The van der Waals surface area contributed by atoms with E-state index in [2.05, 4.69) is 10.3 Å². The van der Waals surface area contributed by atoms with Crippen molar-refractivity contribution in [1.82, 2.24) is 10.6 Å². The standard InChI is InChI=1S/C10H12N2O4/c1-12(15-2)11-10(14)16-9-6-4-3-5-8(9)7-13/h3-6,9H,1-2H3,(H,11,14). The van der Waals surface area contributed by atoms with E-state index >= 15 is 0 Å². The summed E-state index contributed by atoms with van der Waals surface area (Å²) in [6, 6.07) is 0. The summed E-state index contributed by atoms with van der Waals surface area (Å²) in [7, 11) is 2.88. The van der Waals surface area contributed by atoms with Crippen LogP contribution in [0, 0.1) is 0 Å². The summed E-state index contributed by atoms with van der Waals surface area (Å²) in [6.07, 6.45) is 5.02. The summed E-state index contributed by atoms with van der Waals surface area (Å²) in [5, 5.41) is 1.08. The Hall–Kier alpha value is -1.88. The van der Waals surface area contributed by atoms with Crippen LogP contribution in [0.5, 0.6) is 0 Å². The van der Waals surface area contributed by atoms with Crippen molar-refractivity contribution in [3.05, 3.63) is 29.9 Å². The minimum atomic E-state index is -0.720. The van der Waals surface area contributed by atoms with Gasteiger partial charge in [0, 0.05) is 7.05 Å². The third-order valence-electron chi connectivity index (χ3n) is 1.85. The van der Waals surface area contributed by atoms with Gasteiger partial charge in [-0.1, -0.05) is 12.2 Å². The molecule has 6 nitrogen and oxygen atoms in total. The van der Waals surface area contributed by atoms with Crippen molar-refractivity contribution in [2.75, 3.05) is 14.2 Å². The monoisotopic (exact) mass is 224 g/mol. The Morgan fingerprint density at radius 1 is 1.56 bits per heavy atom. The Labute approximate surface area is 92.7 Å². The Balaban J connectivity index is 2.54. The molecule has 6 heteroatoms. The summed E-state index contributed by atoms with van der Waals surface area (Å²) >= 11 is 0. The van der Waals surface area contributed by atoms with Crippen LogP contribution in [0.3, 0.4) is 0 Å². The summed E-state index contributed by atoms with van der Waals surface area (Å²) in [4.78, 5) is 26.5. The number of nitrogens with zero attached hydrogens (tertiary/aromatic N) is 1. The van der Waals surface area contributed by atoms with E-state index in [0.717, 1.165) is 5.17 Å². The van der Waals surface area contributed by atoms with Crippen LogP contribution in [0.1, 0.15) is 0 Å². The van der Waals surface area contributed by atoms with Gasteiger partial charge in [0.1, 0.15) is 5.94 Å². The van der Waals surface area contributed by atoms with Gasteiger partial charge in [0.15, 0.2) is 6.10 Å². The quantitative estimate of drug-likeness (QED) is 0.554. The van der Waals surface area contributed by atoms with Crippen LogP contribution < -0.4 is 5.43 Å². The molecular formula is C10H12N2O4. The molecule has 16 heavy (non-hydrogen) atoms. The molecule has 1 atom stereocenters. The lowest BCUT2D eigenvalue weighted by atomic mass is 10.1.